The first-order valence-corrected chi connectivity index (χ1v) is 5.91. The molecule has 0 fully saturated rings. The van der Waals surface area contributed by atoms with Gasteiger partial charge in [0.15, 0.2) is 4.77 Å². The van der Waals surface area contributed by atoms with Gasteiger partial charge in [0, 0.05) is 13.0 Å². The van der Waals surface area contributed by atoms with Gasteiger partial charge >= 0.3 is 0 Å². The van der Waals surface area contributed by atoms with Crippen molar-refractivity contribution in [1.82, 2.24) is 14.8 Å². The highest BCUT2D eigenvalue weighted by Crippen LogP contribution is 2.27. The summed E-state index contributed by atoms with van der Waals surface area (Å²) in [5, 5.41) is 7.15. The van der Waals surface area contributed by atoms with Crippen molar-refractivity contribution in [2.45, 2.75) is 47.6 Å². The van der Waals surface area contributed by atoms with Crippen molar-refractivity contribution in [3.8, 4) is 0 Å². The largest absolute Gasteiger partial charge is 0.304 e. The lowest BCUT2D eigenvalue weighted by Crippen LogP contribution is -2.21. The molecule has 4 heteroatoms. The van der Waals surface area contributed by atoms with Gasteiger partial charge in [-0.05, 0) is 30.5 Å². The third-order valence-corrected chi connectivity index (χ3v) is 3.43. The zero-order valence-electron chi connectivity index (χ0n) is 10.3. The van der Waals surface area contributed by atoms with Crippen LogP contribution >= 0.6 is 12.2 Å². The van der Waals surface area contributed by atoms with Crippen LogP contribution in [0.4, 0.5) is 0 Å². The van der Waals surface area contributed by atoms with E-state index < -0.39 is 0 Å². The number of H-pyrrole nitrogens is 1. The molecule has 1 aromatic heterocycles. The van der Waals surface area contributed by atoms with Crippen molar-refractivity contribution in [2.24, 2.45) is 11.3 Å². The molecule has 0 amide bonds. The standard InChI is InChI=1S/C11H21N3S/c1-6-14-9(12-13-10(14)15)7-8(2)11(3,4)5/h8H,6-7H2,1-5H3,(H,13,15). The minimum absolute atomic E-state index is 0.312. The van der Waals surface area contributed by atoms with Gasteiger partial charge in [-0.1, -0.05) is 27.7 Å². The van der Waals surface area contributed by atoms with Gasteiger partial charge < -0.3 is 4.57 Å². The monoisotopic (exact) mass is 227 g/mol. The lowest BCUT2D eigenvalue weighted by molar-refractivity contribution is 0.254. The lowest BCUT2D eigenvalue weighted by atomic mass is 9.80. The predicted molar refractivity (Wildman–Crippen MR) is 65.4 cm³/mol. The maximum absolute atomic E-state index is 5.16. The first-order valence-electron chi connectivity index (χ1n) is 5.50. The Morgan fingerprint density at radius 2 is 2.07 bits per heavy atom. The predicted octanol–water partition coefficient (Wildman–Crippen LogP) is 3.19. The van der Waals surface area contributed by atoms with Crippen molar-refractivity contribution >= 4 is 12.2 Å². The van der Waals surface area contributed by atoms with Crippen molar-refractivity contribution in [1.29, 1.82) is 0 Å². The van der Waals surface area contributed by atoms with E-state index in [9.17, 15) is 0 Å². The molecule has 0 spiro atoms. The molecule has 15 heavy (non-hydrogen) atoms. The SMILES string of the molecule is CCn1c(CC(C)C(C)(C)C)n[nH]c1=S. The van der Waals surface area contributed by atoms with Crippen molar-refractivity contribution < 1.29 is 0 Å². The lowest BCUT2D eigenvalue weighted by Gasteiger charge is -2.26. The van der Waals surface area contributed by atoms with Crippen molar-refractivity contribution in [3.05, 3.63) is 10.6 Å². The number of nitrogens with zero attached hydrogens (tertiary/aromatic N) is 2. The molecule has 3 nitrogen and oxygen atoms in total. The minimum Gasteiger partial charge on any atom is -0.304 e. The molecule has 1 unspecified atom stereocenters. The fourth-order valence-corrected chi connectivity index (χ4v) is 1.69. The summed E-state index contributed by atoms with van der Waals surface area (Å²) >= 11 is 5.16. The molecule has 0 aliphatic rings. The highest BCUT2D eigenvalue weighted by Gasteiger charge is 2.22. The normalized spacial score (nSPS) is 14.2. The number of hydrogen-bond donors (Lipinski definition) is 1. The number of hydrogen-bond acceptors (Lipinski definition) is 2. The molecule has 1 aromatic rings. The van der Waals surface area contributed by atoms with Crippen LogP contribution in [-0.4, -0.2) is 14.8 Å². The second kappa shape index (κ2) is 4.47. The van der Waals surface area contributed by atoms with E-state index in [2.05, 4.69) is 49.4 Å². The Bertz CT molecular complexity index is 370. The van der Waals surface area contributed by atoms with Gasteiger partial charge in [-0.15, -0.1) is 0 Å². The van der Waals surface area contributed by atoms with Crippen LogP contribution in [0.15, 0.2) is 0 Å². The number of aromatic amines is 1. The Morgan fingerprint density at radius 3 is 2.53 bits per heavy atom. The minimum atomic E-state index is 0.312. The fourth-order valence-electron chi connectivity index (χ4n) is 1.41. The smallest absolute Gasteiger partial charge is 0.195 e. The Morgan fingerprint density at radius 1 is 1.47 bits per heavy atom. The van der Waals surface area contributed by atoms with Gasteiger partial charge in [-0.3, -0.25) is 5.10 Å². The van der Waals surface area contributed by atoms with Gasteiger partial charge in [0.1, 0.15) is 5.82 Å². The van der Waals surface area contributed by atoms with E-state index in [1.165, 1.54) is 0 Å². The van der Waals surface area contributed by atoms with E-state index in [-0.39, 0.29) is 0 Å². The molecule has 0 aliphatic carbocycles. The number of rotatable bonds is 3. The zero-order chi connectivity index (χ0) is 11.6. The van der Waals surface area contributed by atoms with Gasteiger partial charge in [0.05, 0.1) is 0 Å². The molecule has 1 heterocycles. The molecule has 1 atom stereocenters. The maximum Gasteiger partial charge on any atom is 0.195 e. The first kappa shape index (κ1) is 12.4. The zero-order valence-corrected chi connectivity index (χ0v) is 11.1. The molecule has 0 radical (unpaired) electrons. The van der Waals surface area contributed by atoms with E-state index >= 15 is 0 Å². The van der Waals surface area contributed by atoms with Crippen LogP contribution in [0, 0.1) is 16.1 Å². The van der Waals surface area contributed by atoms with E-state index in [4.69, 9.17) is 12.2 Å². The summed E-state index contributed by atoms with van der Waals surface area (Å²) < 4.78 is 2.80. The summed E-state index contributed by atoms with van der Waals surface area (Å²) in [6, 6.07) is 0. The maximum atomic E-state index is 5.16. The van der Waals surface area contributed by atoms with Crippen LogP contribution in [0.2, 0.25) is 0 Å². The van der Waals surface area contributed by atoms with Gasteiger partial charge in [-0.25, -0.2) is 0 Å². The van der Waals surface area contributed by atoms with Crippen LogP contribution in [0.1, 0.15) is 40.4 Å². The summed E-state index contributed by atoms with van der Waals surface area (Å²) in [4.78, 5) is 0. The van der Waals surface area contributed by atoms with Crippen LogP contribution in [0.5, 0.6) is 0 Å². The molecule has 0 saturated heterocycles. The topological polar surface area (TPSA) is 33.6 Å². The van der Waals surface area contributed by atoms with Crippen LogP contribution in [0.3, 0.4) is 0 Å². The van der Waals surface area contributed by atoms with Crippen LogP contribution < -0.4 is 0 Å². The number of aromatic nitrogens is 3. The molecule has 1 rings (SSSR count). The average molecular weight is 227 g/mol. The van der Waals surface area contributed by atoms with E-state index in [1.807, 2.05) is 0 Å². The van der Waals surface area contributed by atoms with Crippen LogP contribution in [0.25, 0.3) is 0 Å². The molecule has 1 N–H and O–H groups in total. The Kier molecular flexibility index (Phi) is 3.71. The van der Waals surface area contributed by atoms with Gasteiger partial charge in [0.2, 0.25) is 0 Å². The summed E-state index contributed by atoms with van der Waals surface area (Å²) in [5.41, 5.74) is 0.312. The molecule has 0 aromatic carbocycles. The van der Waals surface area contributed by atoms with Gasteiger partial charge in [0.25, 0.3) is 0 Å². The number of nitrogens with one attached hydrogen (secondary N) is 1. The summed E-state index contributed by atoms with van der Waals surface area (Å²) in [6.45, 7) is 12.0. The molecule has 0 bridgehead atoms. The van der Waals surface area contributed by atoms with Crippen molar-refractivity contribution in [3.63, 3.8) is 0 Å². The summed E-state index contributed by atoms with van der Waals surface area (Å²) in [5.74, 6) is 1.66. The molecular formula is C11H21N3S. The van der Waals surface area contributed by atoms with E-state index in [0.29, 0.717) is 11.3 Å². The second-order valence-corrected chi connectivity index (χ2v) is 5.55. The fraction of sp³-hybridized carbons (Fsp3) is 0.818. The quantitative estimate of drug-likeness (QED) is 0.805. The van der Waals surface area contributed by atoms with Crippen molar-refractivity contribution in [2.75, 3.05) is 0 Å². The highest BCUT2D eigenvalue weighted by molar-refractivity contribution is 7.71. The first-order chi connectivity index (χ1) is 6.86. The Balaban J connectivity index is 2.86. The Hall–Kier alpha value is -0.640. The summed E-state index contributed by atoms with van der Waals surface area (Å²) in [7, 11) is 0. The molecular weight excluding hydrogens is 206 g/mol. The third kappa shape index (κ3) is 2.91. The average Bonchev–Trinajstić information content (AvgIpc) is 2.45. The van der Waals surface area contributed by atoms with E-state index in [1.54, 1.807) is 0 Å². The summed E-state index contributed by atoms with van der Waals surface area (Å²) in [6.07, 6.45) is 0.977. The Labute approximate surface area is 96.9 Å². The van der Waals surface area contributed by atoms with Crippen LogP contribution in [-0.2, 0) is 13.0 Å². The molecule has 0 aliphatic heterocycles. The molecule has 86 valence electrons. The highest BCUT2D eigenvalue weighted by atomic mass is 32.1. The van der Waals surface area contributed by atoms with E-state index in [0.717, 1.165) is 23.6 Å². The second-order valence-electron chi connectivity index (χ2n) is 5.16. The third-order valence-electron chi connectivity index (χ3n) is 3.12. The van der Waals surface area contributed by atoms with Gasteiger partial charge in [-0.2, -0.15) is 5.10 Å². The molecule has 0 saturated carbocycles.